The molecule has 0 saturated carbocycles. The maximum Gasteiger partial charge on any atom is 0.235 e. The molecule has 0 radical (unpaired) electrons. The van der Waals surface area contributed by atoms with Crippen LogP contribution in [0.4, 0.5) is 4.39 Å². The van der Waals surface area contributed by atoms with Gasteiger partial charge in [0.2, 0.25) is 5.91 Å². The molecule has 1 heterocycles. The first-order valence-electron chi connectivity index (χ1n) is 11.0. The van der Waals surface area contributed by atoms with Crippen molar-refractivity contribution in [3.63, 3.8) is 0 Å². The van der Waals surface area contributed by atoms with Crippen molar-refractivity contribution in [2.75, 3.05) is 6.54 Å². The highest BCUT2D eigenvalue weighted by molar-refractivity contribution is 5.88. The number of hydrogen-bond acceptors (Lipinski definition) is 1. The molecule has 0 bridgehead atoms. The fourth-order valence-electron chi connectivity index (χ4n) is 4.77. The zero-order chi connectivity index (χ0) is 21.9. The van der Waals surface area contributed by atoms with Crippen molar-refractivity contribution in [2.45, 2.75) is 18.4 Å². The lowest BCUT2D eigenvalue weighted by molar-refractivity contribution is -0.134. The lowest BCUT2D eigenvalue weighted by atomic mass is 9.84. The van der Waals surface area contributed by atoms with Crippen LogP contribution in [0.1, 0.15) is 39.8 Å². The van der Waals surface area contributed by atoms with E-state index in [1.807, 2.05) is 89.8 Å². The van der Waals surface area contributed by atoms with Gasteiger partial charge < -0.3 is 4.90 Å². The smallest absolute Gasteiger partial charge is 0.235 e. The number of rotatable bonds is 4. The minimum absolute atomic E-state index is 0.00911. The molecule has 5 rings (SSSR count). The molecule has 1 aliphatic heterocycles. The van der Waals surface area contributed by atoms with E-state index in [1.165, 1.54) is 11.6 Å². The number of benzene rings is 4. The Morgan fingerprint density at radius 2 is 1.25 bits per heavy atom. The molecule has 1 aliphatic rings. The normalized spacial score (nSPS) is 15.4. The summed E-state index contributed by atoms with van der Waals surface area (Å²) in [6.07, 6.45) is 0.753. The highest BCUT2D eigenvalue weighted by Crippen LogP contribution is 2.39. The molecular formula is C29H24FNO. The van der Waals surface area contributed by atoms with Crippen molar-refractivity contribution in [2.24, 2.45) is 0 Å². The van der Waals surface area contributed by atoms with Gasteiger partial charge in [-0.25, -0.2) is 4.39 Å². The van der Waals surface area contributed by atoms with Gasteiger partial charge in [0.05, 0.1) is 12.0 Å². The van der Waals surface area contributed by atoms with Crippen molar-refractivity contribution in [1.29, 1.82) is 0 Å². The van der Waals surface area contributed by atoms with Crippen LogP contribution in [0.25, 0.3) is 0 Å². The molecule has 0 aromatic heterocycles. The predicted molar refractivity (Wildman–Crippen MR) is 125 cm³/mol. The Morgan fingerprint density at radius 3 is 1.88 bits per heavy atom. The molecule has 1 unspecified atom stereocenters. The van der Waals surface area contributed by atoms with Gasteiger partial charge in [0.15, 0.2) is 0 Å². The van der Waals surface area contributed by atoms with Crippen LogP contribution in [-0.4, -0.2) is 17.4 Å². The van der Waals surface area contributed by atoms with Crippen LogP contribution in [0.2, 0.25) is 0 Å². The van der Waals surface area contributed by atoms with Crippen molar-refractivity contribution in [3.05, 3.63) is 143 Å². The van der Waals surface area contributed by atoms with Gasteiger partial charge in [-0.15, -0.1) is 0 Å². The predicted octanol–water partition coefficient (Wildman–Crippen LogP) is 6.13. The van der Waals surface area contributed by atoms with Crippen LogP contribution < -0.4 is 0 Å². The van der Waals surface area contributed by atoms with E-state index in [9.17, 15) is 4.79 Å². The number of fused-ring (bicyclic) bond motifs is 1. The summed E-state index contributed by atoms with van der Waals surface area (Å²) in [5.41, 5.74) is 4.58. The van der Waals surface area contributed by atoms with Crippen LogP contribution >= 0.6 is 0 Å². The van der Waals surface area contributed by atoms with Crippen molar-refractivity contribution >= 4 is 5.91 Å². The summed E-state index contributed by atoms with van der Waals surface area (Å²) in [7, 11) is 0. The van der Waals surface area contributed by atoms with E-state index in [1.54, 1.807) is 12.1 Å². The van der Waals surface area contributed by atoms with E-state index in [0.717, 1.165) is 23.1 Å². The molecule has 1 amide bonds. The first kappa shape index (κ1) is 20.2. The summed E-state index contributed by atoms with van der Waals surface area (Å²) in [4.78, 5) is 16.1. The summed E-state index contributed by atoms with van der Waals surface area (Å²) >= 11 is 0. The van der Waals surface area contributed by atoms with Gasteiger partial charge in [-0.1, -0.05) is 103 Å². The average Bonchev–Trinajstić information content (AvgIpc) is 2.85. The first-order valence-corrected chi connectivity index (χ1v) is 11.0. The number of halogens is 1. The van der Waals surface area contributed by atoms with Gasteiger partial charge in [0.1, 0.15) is 5.82 Å². The molecule has 4 aromatic carbocycles. The Bertz CT molecular complexity index is 1180. The lowest BCUT2D eigenvalue weighted by Gasteiger charge is -2.40. The van der Waals surface area contributed by atoms with E-state index >= 15 is 4.39 Å². The summed E-state index contributed by atoms with van der Waals surface area (Å²) in [6.45, 7) is 0.547. The van der Waals surface area contributed by atoms with Gasteiger partial charge >= 0.3 is 0 Å². The molecule has 32 heavy (non-hydrogen) atoms. The monoisotopic (exact) mass is 421 g/mol. The highest BCUT2D eigenvalue weighted by Gasteiger charge is 2.37. The molecule has 1 atom stereocenters. The Kier molecular flexibility index (Phi) is 5.55. The molecule has 0 N–H and O–H groups in total. The Morgan fingerprint density at radius 1 is 0.719 bits per heavy atom. The van der Waals surface area contributed by atoms with E-state index in [-0.39, 0.29) is 11.7 Å². The van der Waals surface area contributed by atoms with Gasteiger partial charge in [-0.05, 0) is 34.7 Å². The largest absolute Gasteiger partial charge is 0.330 e. The molecule has 3 heteroatoms. The average molecular weight is 422 g/mol. The van der Waals surface area contributed by atoms with Crippen LogP contribution in [0, 0.1) is 5.82 Å². The van der Waals surface area contributed by atoms with E-state index < -0.39 is 12.0 Å². The standard InChI is InChI=1S/C29H24FNO/c30-26-18-10-9-17-25(26)28-24-16-8-7-11-21(24)19-20-31(28)29(32)27(22-12-3-1-4-13-22)23-14-5-2-6-15-23/h1-18,27-28H,19-20H2. The second-order valence-corrected chi connectivity index (χ2v) is 8.16. The SMILES string of the molecule is O=C(C(c1ccccc1)c1ccccc1)N1CCc2ccccc2C1c1ccccc1F. The number of amides is 1. The summed E-state index contributed by atoms with van der Waals surface area (Å²) in [5.74, 6) is -0.745. The molecule has 0 spiro atoms. The zero-order valence-electron chi connectivity index (χ0n) is 17.7. The van der Waals surface area contributed by atoms with E-state index in [4.69, 9.17) is 0 Å². The summed E-state index contributed by atoms with van der Waals surface area (Å²) < 4.78 is 15.0. The molecule has 2 nitrogen and oxygen atoms in total. The number of carbonyl (C=O) groups is 1. The maximum absolute atomic E-state index is 15.0. The summed E-state index contributed by atoms with van der Waals surface area (Å²) in [5, 5.41) is 0. The summed E-state index contributed by atoms with van der Waals surface area (Å²) in [6, 6.07) is 34.1. The van der Waals surface area contributed by atoms with Crippen LogP contribution in [-0.2, 0) is 11.2 Å². The van der Waals surface area contributed by atoms with Gasteiger partial charge in [0, 0.05) is 12.1 Å². The first-order chi connectivity index (χ1) is 15.7. The highest BCUT2D eigenvalue weighted by atomic mass is 19.1. The van der Waals surface area contributed by atoms with E-state index in [0.29, 0.717) is 12.1 Å². The van der Waals surface area contributed by atoms with Gasteiger partial charge in [-0.2, -0.15) is 0 Å². The minimum atomic E-state index is -0.455. The maximum atomic E-state index is 15.0. The lowest BCUT2D eigenvalue weighted by Crippen LogP contribution is -2.43. The molecule has 0 fully saturated rings. The third-order valence-electron chi connectivity index (χ3n) is 6.28. The number of nitrogens with zero attached hydrogens (tertiary/aromatic N) is 1. The fourth-order valence-corrected chi connectivity index (χ4v) is 4.77. The third-order valence-corrected chi connectivity index (χ3v) is 6.28. The Balaban J connectivity index is 1.64. The zero-order valence-corrected chi connectivity index (χ0v) is 17.7. The molecule has 158 valence electrons. The topological polar surface area (TPSA) is 20.3 Å². The van der Waals surface area contributed by atoms with Crippen LogP contribution in [0.3, 0.4) is 0 Å². The van der Waals surface area contributed by atoms with Crippen LogP contribution in [0.5, 0.6) is 0 Å². The van der Waals surface area contributed by atoms with Crippen LogP contribution in [0.15, 0.2) is 109 Å². The molecule has 0 aliphatic carbocycles. The van der Waals surface area contributed by atoms with Crippen molar-refractivity contribution < 1.29 is 9.18 Å². The molecule has 0 saturated heterocycles. The fraction of sp³-hybridized carbons (Fsp3) is 0.138. The second-order valence-electron chi connectivity index (χ2n) is 8.16. The second kappa shape index (κ2) is 8.80. The third kappa shape index (κ3) is 3.71. The van der Waals surface area contributed by atoms with Crippen molar-refractivity contribution in [3.8, 4) is 0 Å². The number of hydrogen-bond donors (Lipinski definition) is 0. The Hall–Kier alpha value is -3.72. The van der Waals surface area contributed by atoms with Gasteiger partial charge in [-0.3, -0.25) is 4.79 Å². The Labute approximate surface area is 188 Å². The van der Waals surface area contributed by atoms with Gasteiger partial charge in [0.25, 0.3) is 0 Å². The quantitative estimate of drug-likeness (QED) is 0.388. The number of carbonyl (C=O) groups excluding carboxylic acids is 1. The van der Waals surface area contributed by atoms with E-state index in [2.05, 4.69) is 6.07 Å². The van der Waals surface area contributed by atoms with Crippen molar-refractivity contribution in [1.82, 2.24) is 4.90 Å². The molecule has 4 aromatic rings. The minimum Gasteiger partial charge on any atom is -0.330 e. The molecular weight excluding hydrogens is 397 g/mol.